The molecule has 0 radical (unpaired) electrons. The van der Waals surface area contributed by atoms with Crippen molar-refractivity contribution in [3.05, 3.63) is 52.0 Å². The van der Waals surface area contributed by atoms with Crippen LogP contribution in [-0.2, 0) is 9.53 Å². The molecule has 0 saturated heterocycles. The number of carbonyl (C=O) groups is 2. The molecule has 0 heterocycles. The molecule has 2 aromatic rings. The van der Waals surface area contributed by atoms with Crippen molar-refractivity contribution in [3.63, 3.8) is 0 Å². The number of hydrogen-bond acceptors (Lipinski definition) is 5. The molecule has 2 rings (SSSR count). The molecular weight excluding hydrogens is 381 g/mol. The van der Waals surface area contributed by atoms with Crippen molar-refractivity contribution >= 4 is 40.8 Å². The van der Waals surface area contributed by atoms with Crippen LogP contribution in [0.3, 0.4) is 0 Å². The molecule has 0 aliphatic heterocycles. The third-order valence-electron chi connectivity index (χ3n) is 3.43. The number of ether oxygens (including phenoxy) is 3. The van der Waals surface area contributed by atoms with E-state index < -0.39 is 18.0 Å². The SMILES string of the molecule is COc1cc(C(=O)OC(C)C(=O)Nc2ccc(Cl)cc2)cc(Cl)c1OC. The Morgan fingerprint density at radius 2 is 1.69 bits per heavy atom. The van der Waals surface area contributed by atoms with E-state index in [1.54, 1.807) is 24.3 Å². The monoisotopic (exact) mass is 397 g/mol. The van der Waals surface area contributed by atoms with E-state index in [1.165, 1.54) is 33.3 Å². The summed E-state index contributed by atoms with van der Waals surface area (Å²) in [5.41, 5.74) is 0.676. The largest absolute Gasteiger partial charge is 0.493 e. The lowest BCUT2D eigenvalue weighted by Crippen LogP contribution is -2.30. The first-order valence-corrected chi connectivity index (χ1v) is 8.30. The van der Waals surface area contributed by atoms with Gasteiger partial charge in [0.05, 0.1) is 24.8 Å². The van der Waals surface area contributed by atoms with Crippen LogP contribution in [0.15, 0.2) is 36.4 Å². The summed E-state index contributed by atoms with van der Waals surface area (Å²) < 4.78 is 15.4. The van der Waals surface area contributed by atoms with Gasteiger partial charge < -0.3 is 19.5 Å². The third kappa shape index (κ3) is 4.80. The van der Waals surface area contributed by atoms with Crippen LogP contribution in [0.25, 0.3) is 0 Å². The molecular formula is C18H17Cl2NO5. The molecule has 2 aromatic carbocycles. The molecule has 0 aliphatic rings. The van der Waals surface area contributed by atoms with Gasteiger partial charge >= 0.3 is 5.97 Å². The van der Waals surface area contributed by atoms with Crippen molar-refractivity contribution in [1.82, 2.24) is 0 Å². The van der Waals surface area contributed by atoms with E-state index in [-0.39, 0.29) is 16.3 Å². The number of benzene rings is 2. The van der Waals surface area contributed by atoms with Crippen molar-refractivity contribution < 1.29 is 23.8 Å². The Kier molecular flexibility index (Phi) is 6.71. The first-order chi connectivity index (χ1) is 12.3. The van der Waals surface area contributed by atoms with Crippen molar-refractivity contribution in [2.45, 2.75) is 13.0 Å². The Hall–Kier alpha value is -2.44. The van der Waals surface area contributed by atoms with E-state index in [1.807, 2.05) is 0 Å². The van der Waals surface area contributed by atoms with Gasteiger partial charge in [-0.2, -0.15) is 0 Å². The molecule has 0 aliphatic carbocycles. The molecule has 0 fully saturated rings. The summed E-state index contributed by atoms with van der Waals surface area (Å²) in [5, 5.41) is 3.37. The maximum absolute atomic E-state index is 12.3. The first kappa shape index (κ1) is 19.9. The normalized spacial score (nSPS) is 11.4. The van der Waals surface area contributed by atoms with Gasteiger partial charge in [-0.15, -0.1) is 0 Å². The molecule has 6 nitrogen and oxygen atoms in total. The predicted octanol–water partition coefficient (Wildman–Crippen LogP) is 4.19. The lowest BCUT2D eigenvalue weighted by atomic mass is 10.2. The van der Waals surface area contributed by atoms with Crippen molar-refractivity contribution in [2.75, 3.05) is 19.5 Å². The highest BCUT2D eigenvalue weighted by atomic mass is 35.5. The maximum Gasteiger partial charge on any atom is 0.339 e. The molecule has 1 amide bonds. The van der Waals surface area contributed by atoms with Gasteiger partial charge in [0, 0.05) is 10.7 Å². The van der Waals surface area contributed by atoms with Gasteiger partial charge in [-0.25, -0.2) is 4.79 Å². The maximum atomic E-state index is 12.3. The molecule has 0 aromatic heterocycles. The summed E-state index contributed by atoms with van der Waals surface area (Å²) in [7, 11) is 2.86. The minimum absolute atomic E-state index is 0.138. The van der Waals surface area contributed by atoms with Gasteiger partial charge in [-0.3, -0.25) is 4.79 Å². The van der Waals surface area contributed by atoms with Gasteiger partial charge in [0.1, 0.15) is 0 Å². The lowest BCUT2D eigenvalue weighted by molar-refractivity contribution is -0.123. The van der Waals surface area contributed by atoms with Gasteiger partial charge in [0.15, 0.2) is 17.6 Å². The zero-order valence-electron chi connectivity index (χ0n) is 14.3. The van der Waals surface area contributed by atoms with Gasteiger partial charge in [0.2, 0.25) is 0 Å². The van der Waals surface area contributed by atoms with Gasteiger partial charge in [-0.1, -0.05) is 23.2 Å². The topological polar surface area (TPSA) is 73.9 Å². The molecule has 0 bridgehead atoms. The number of nitrogens with one attached hydrogen (secondary N) is 1. The number of anilines is 1. The van der Waals surface area contributed by atoms with Crippen LogP contribution in [0, 0.1) is 0 Å². The van der Waals surface area contributed by atoms with Crippen molar-refractivity contribution in [3.8, 4) is 11.5 Å². The smallest absolute Gasteiger partial charge is 0.339 e. The Morgan fingerprint density at radius 1 is 1.04 bits per heavy atom. The summed E-state index contributed by atoms with van der Waals surface area (Å²) in [6.45, 7) is 1.46. The quantitative estimate of drug-likeness (QED) is 0.739. The minimum atomic E-state index is -1.02. The average molecular weight is 398 g/mol. The van der Waals surface area contributed by atoms with Crippen LogP contribution in [-0.4, -0.2) is 32.2 Å². The second-order valence-corrected chi connectivity index (χ2v) is 6.08. The number of halogens is 2. The summed E-state index contributed by atoms with van der Waals surface area (Å²) >= 11 is 11.9. The van der Waals surface area contributed by atoms with Crippen LogP contribution >= 0.6 is 23.2 Å². The van der Waals surface area contributed by atoms with Crippen LogP contribution in [0.2, 0.25) is 10.0 Å². The summed E-state index contributed by atoms with van der Waals surface area (Å²) in [4.78, 5) is 24.5. The number of hydrogen-bond donors (Lipinski definition) is 1. The van der Waals surface area contributed by atoms with Gasteiger partial charge in [-0.05, 0) is 43.3 Å². The Bertz CT molecular complexity index is 808. The molecule has 1 unspecified atom stereocenters. The summed E-state index contributed by atoms with van der Waals surface area (Å²) in [5.74, 6) is -0.608. The number of esters is 1. The van der Waals surface area contributed by atoms with E-state index in [2.05, 4.69) is 5.32 Å². The molecule has 0 saturated carbocycles. The fourth-order valence-electron chi connectivity index (χ4n) is 2.10. The Labute approximate surface area is 160 Å². The fraction of sp³-hybridized carbons (Fsp3) is 0.222. The molecule has 138 valence electrons. The molecule has 1 atom stereocenters. The minimum Gasteiger partial charge on any atom is -0.493 e. The number of rotatable bonds is 6. The Morgan fingerprint density at radius 3 is 2.27 bits per heavy atom. The highest BCUT2D eigenvalue weighted by Gasteiger charge is 2.21. The fourth-order valence-corrected chi connectivity index (χ4v) is 2.51. The Balaban J connectivity index is 2.07. The predicted molar refractivity (Wildman–Crippen MR) is 99.5 cm³/mol. The van der Waals surface area contributed by atoms with Gasteiger partial charge in [0.25, 0.3) is 5.91 Å². The van der Waals surface area contributed by atoms with E-state index >= 15 is 0 Å². The van der Waals surface area contributed by atoms with Crippen LogP contribution in [0.4, 0.5) is 5.69 Å². The zero-order chi connectivity index (χ0) is 19.3. The molecule has 0 spiro atoms. The first-order valence-electron chi connectivity index (χ1n) is 7.54. The number of carbonyl (C=O) groups excluding carboxylic acids is 2. The second kappa shape index (κ2) is 8.78. The highest BCUT2D eigenvalue weighted by molar-refractivity contribution is 6.32. The standard InChI is InChI=1S/C18H17Cl2NO5/c1-10(17(22)21-13-6-4-12(19)5-7-13)26-18(23)11-8-14(20)16(25-3)15(9-11)24-2/h4-10H,1-3H3,(H,21,22). The van der Waals surface area contributed by atoms with Crippen LogP contribution < -0.4 is 14.8 Å². The van der Waals surface area contributed by atoms with E-state index in [9.17, 15) is 9.59 Å². The molecule has 26 heavy (non-hydrogen) atoms. The summed E-state index contributed by atoms with van der Waals surface area (Å²) in [6.07, 6.45) is -1.02. The van der Waals surface area contributed by atoms with Crippen molar-refractivity contribution in [1.29, 1.82) is 0 Å². The molecule has 8 heteroatoms. The second-order valence-electron chi connectivity index (χ2n) is 5.24. The van der Waals surface area contributed by atoms with E-state index in [0.717, 1.165) is 0 Å². The number of amides is 1. The lowest BCUT2D eigenvalue weighted by Gasteiger charge is -2.15. The van der Waals surface area contributed by atoms with Crippen LogP contribution in [0.5, 0.6) is 11.5 Å². The average Bonchev–Trinajstić information content (AvgIpc) is 2.62. The highest BCUT2D eigenvalue weighted by Crippen LogP contribution is 2.36. The van der Waals surface area contributed by atoms with Crippen LogP contribution in [0.1, 0.15) is 17.3 Å². The third-order valence-corrected chi connectivity index (χ3v) is 3.97. The summed E-state index contributed by atoms with van der Waals surface area (Å²) in [6, 6.07) is 9.37. The zero-order valence-corrected chi connectivity index (χ0v) is 15.9. The number of methoxy groups -OCH3 is 2. The van der Waals surface area contributed by atoms with Crippen molar-refractivity contribution in [2.24, 2.45) is 0 Å². The van der Waals surface area contributed by atoms with E-state index in [0.29, 0.717) is 16.5 Å². The van der Waals surface area contributed by atoms with E-state index in [4.69, 9.17) is 37.4 Å². The molecule has 1 N–H and O–H groups in total.